The van der Waals surface area contributed by atoms with E-state index >= 15 is 0 Å². The van der Waals surface area contributed by atoms with Crippen LogP contribution in [0, 0.1) is 13.8 Å². The summed E-state index contributed by atoms with van der Waals surface area (Å²) in [7, 11) is 4.88. The summed E-state index contributed by atoms with van der Waals surface area (Å²) in [6.45, 7) is 4.63. The molecule has 0 bridgehead atoms. The van der Waals surface area contributed by atoms with Crippen molar-refractivity contribution in [2.45, 2.75) is 20.4 Å². The first-order valence-corrected chi connectivity index (χ1v) is 5.12. The van der Waals surface area contributed by atoms with Gasteiger partial charge >= 0.3 is 0 Å². The molecule has 0 aromatic heterocycles. The van der Waals surface area contributed by atoms with Crippen molar-refractivity contribution in [2.75, 3.05) is 21.3 Å². The van der Waals surface area contributed by atoms with E-state index in [1.165, 1.54) is 0 Å². The maximum atomic E-state index is 5.41. The molecule has 0 unspecified atom stereocenters. The van der Waals surface area contributed by atoms with E-state index < -0.39 is 0 Å². The van der Waals surface area contributed by atoms with E-state index in [2.05, 4.69) is 11.5 Å². The standard InChI is InChI=1S/C12H19NO3/c1-8-6-9(2)11(14-3)12(15-4)10(8)7-13-16-5/h6,13H,7H2,1-5H3. The number of ether oxygens (including phenoxy) is 2. The molecule has 0 saturated heterocycles. The molecule has 0 aliphatic rings. The second kappa shape index (κ2) is 5.72. The first-order valence-electron chi connectivity index (χ1n) is 5.12. The topological polar surface area (TPSA) is 39.7 Å². The van der Waals surface area contributed by atoms with Crippen LogP contribution in [0.4, 0.5) is 0 Å². The Labute approximate surface area is 96.5 Å². The van der Waals surface area contributed by atoms with Crippen LogP contribution in [0.1, 0.15) is 16.7 Å². The second-order valence-corrected chi connectivity index (χ2v) is 3.58. The van der Waals surface area contributed by atoms with Gasteiger partial charge in [0.1, 0.15) is 0 Å². The number of rotatable bonds is 5. The van der Waals surface area contributed by atoms with Crippen LogP contribution in [0.25, 0.3) is 0 Å². The van der Waals surface area contributed by atoms with Gasteiger partial charge in [-0.1, -0.05) is 6.07 Å². The summed E-state index contributed by atoms with van der Waals surface area (Å²) in [6, 6.07) is 2.08. The van der Waals surface area contributed by atoms with Crippen LogP contribution in [-0.4, -0.2) is 21.3 Å². The highest BCUT2D eigenvalue weighted by molar-refractivity contribution is 5.54. The molecule has 1 aromatic carbocycles. The molecule has 0 atom stereocenters. The third-order valence-electron chi connectivity index (χ3n) is 2.55. The zero-order chi connectivity index (χ0) is 12.1. The molecule has 0 aliphatic carbocycles. The molecule has 0 saturated carbocycles. The number of aryl methyl sites for hydroxylation is 2. The Kier molecular flexibility index (Phi) is 4.58. The van der Waals surface area contributed by atoms with Crippen molar-refractivity contribution in [1.29, 1.82) is 0 Å². The van der Waals surface area contributed by atoms with Gasteiger partial charge in [-0.3, -0.25) is 0 Å². The smallest absolute Gasteiger partial charge is 0.165 e. The minimum absolute atomic E-state index is 0.585. The van der Waals surface area contributed by atoms with Gasteiger partial charge in [0.25, 0.3) is 0 Å². The highest BCUT2D eigenvalue weighted by Crippen LogP contribution is 2.36. The van der Waals surface area contributed by atoms with Gasteiger partial charge in [-0.2, -0.15) is 5.48 Å². The van der Waals surface area contributed by atoms with Crippen molar-refractivity contribution in [1.82, 2.24) is 5.48 Å². The van der Waals surface area contributed by atoms with Gasteiger partial charge < -0.3 is 14.3 Å². The minimum Gasteiger partial charge on any atom is -0.493 e. The van der Waals surface area contributed by atoms with Crippen LogP contribution in [0.3, 0.4) is 0 Å². The fraction of sp³-hybridized carbons (Fsp3) is 0.500. The summed E-state index contributed by atoms with van der Waals surface area (Å²) in [4.78, 5) is 4.86. The van der Waals surface area contributed by atoms with E-state index in [1.807, 2.05) is 13.8 Å². The predicted octanol–water partition coefficient (Wildman–Crippen LogP) is 1.97. The van der Waals surface area contributed by atoms with E-state index in [9.17, 15) is 0 Å². The Morgan fingerprint density at radius 3 is 2.12 bits per heavy atom. The predicted molar refractivity (Wildman–Crippen MR) is 62.9 cm³/mol. The van der Waals surface area contributed by atoms with Crippen molar-refractivity contribution in [3.63, 3.8) is 0 Å². The zero-order valence-electron chi connectivity index (χ0n) is 10.5. The van der Waals surface area contributed by atoms with Crippen LogP contribution in [0.15, 0.2) is 6.07 Å². The fourth-order valence-electron chi connectivity index (χ4n) is 1.81. The van der Waals surface area contributed by atoms with Crippen molar-refractivity contribution in [3.8, 4) is 11.5 Å². The molecule has 0 aliphatic heterocycles. The lowest BCUT2D eigenvalue weighted by molar-refractivity contribution is 0.0859. The van der Waals surface area contributed by atoms with Crippen LogP contribution >= 0.6 is 0 Å². The summed E-state index contributed by atoms with van der Waals surface area (Å²) < 4.78 is 10.8. The van der Waals surface area contributed by atoms with Gasteiger partial charge in [-0.15, -0.1) is 0 Å². The van der Waals surface area contributed by atoms with E-state index in [0.717, 1.165) is 28.2 Å². The lowest BCUT2D eigenvalue weighted by Gasteiger charge is -2.17. The summed E-state index contributed by atoms with van der Waals surface area (Å²) in [5.74, 6) is 1.55. The maximum Gasteiger partial charge on any atom is 0.165 e. The number of hydrogen-bond acceptors (Lipinski definition) is 4. The lowest BCUT2D eigenvalue weighted by atomic mass is 10.0. The Morgan fingerprint density at radius 2 is 1.62 bits per heavy atom. The second-order valence-electron chi connectivity index (χ2n) is 3.58. The molecule has 1 aromatic rings. The van der Waals surface area contributed by atoms with E-state index in [4.69, 9.17) is 14.3 Å². The molecule has 4 heteroatoms. The molecule has 1 N–H and O–H groups in total. The molecule has 1 rings (SSSR count). The third kappa shape index (κ3) is 2.46. The van der Waals surface area contributed by atoms with Crippen molar-refractivity contribution in [2.24, 2.45) is 0 Å². The molecule has 0 heterocycles. The van der Waals surface area contributed by atoms with E-state index in [-0.39, 0.29) is 0 Å². The van der Waals surface area contributed by atoms with Crippen LogP contribution in [0.2, 0.25) is 0 Å². The summed E-state index contributed by atoms with van der Waals surface area (Å²) >= 11 is 0. The Balaban J connectivity index is 3.22. The first kappa shape index (κ1) is 12.8. The SMILES string of the molecule is CONCc1c(C)cc(C)c(OC)c1OC. The van der Waals surface area contributed by atoms with Crippen molar-refractivity contribution < 1.29 is 14.3 Å². The monoisotopic (exact) mass is 225 g/mol. The van der Waals surface area contributed by atoms with Gasteiger partial charge in [0.2, 0.25) is 0 Å². The average molecular weight is 225 g/mol. The summed E-state index contributed by atoms with van der Waals surface area (Å²) in [6.07, 6.45) is 0. The van der Waals surface area contributed by atoms with Gasteiger partial charge in [-0.05, 0) is 25.0 Å². The van der Waals surface area contributed by atoms with Crippen molar-refractivity contribution in [3.05, 3.63) is 22.8 Å². The fourth-order valence-corrected chi connectivity index (χ4v) is 1.81. The molecule has 0 radical (unpaired) electrons. The summed E-state index contributed by atoms with van der Waals surface area (Å²) in [5.41, 5.74) is 6.08. The minimum atomic E-state index is 0.585. The number of benzene rings is 1. The molecule has 90 valence electrons. The first-order chi connectivity index (χ1) is 7.65. The van der Waals surface area contributed by atoms with Crippen LogP contribution in [0.5, 0.6) is 11.5 Å². The van der Waals surface area contributed by atoms with Crippen LogP contribution < -0.4 is 15.0 Å². The van der Waals surface area contributed by atoms with Gasteiger partial charge in [0.05, 0.1) is 27.9 Å². The average Bonchev–Trinajstić information content (AvgIpc) is 2.27. The highest BCUT2D eigenvalue weighted by Gasteiger charge is 2.15. The molecule has 4 nitrogen and oxygen atoms in total. The molecular weight excluding hydrogens is 206 g/mol. The molecule has 16 heavy (non-hydrogen) atoms. The number of hydrogen-bond donors (Lipinski definition) is 1. The zero-order valence-corrected chi connectivity index (χ0v) is 10.5. The molecule has 0 fully saturated rings. The number of methoxy groups -OCH3 is 2. The van der Waals surface area contributed by atoms with Crippen molar-refractivity contribution >= 4 is 0 Å². The van der Waals surface area contributed by atoms with E-state index in [0.29, 0.717) is 6.54 Å². The number of nitrogens with one attached hydrogen (secondary N) is 1. The maximum absolute atomic E-state index is 5.41. The quantitative estimate of drug-likeness (QED) is 0.778. The van der Waals surface area contributed by atoms with Gasteiger partial charge in [0.15, 0.2) is 11.5 Å². The Bertz CT molecular complexity index is 364. The largest absolute Gasteiger partial charge is 0.493 e. The van der Waals surface area contributed by atoms with Gasteiger partial charge in [-0.25, -0.2) is 0 Å². The Hall–Kier alpha value is -1.26. The number of hydroxylamine groups is 1. The van der Waals surface area contributed by atoms with Gasteiger partial charge in [0, 0.05) is 5.56 Å². The lowest BCUT2D eigenvalue weighted by Crippen LogP contribution is -2.13. The molecular formula is C12H19NO3. The van der Waals surface area contributed by atoms with E-state index in [1.54, 1.807) is 21.3 Å². The normalized spacial score (nSPS) is 10.3. The summed E-state index contributed by atoms with van der Waals surface area (Å²) in [5, 5.41) is 0. The van der Waals surface area contributed by atoms with Crippen LogP contribution in [-0.2, 0) is 11.4 Å². The third-order valence-corrected chi connectivity index (χ3v) is 2.55. The molecule has 0 amide bonds. The molecule has 0 spiro atoms. The highest BCUT2D eigenvalue weighted by atomic mass is 16.6. The Morgan fingerprint density at radius 1 is 1.00 bits per heavy atom.